The number of hydrogen-bond donors (Lipinski definition) is 3. The third-order valence-electron chi connectivity index (χ3n) is 2.32. The summed E-state index contributed by atoms with van der Waals surface area (Å²) in [7, 11) is 0. The van der Waals surface area contributed by atoms with Crippen molar-refractivity contribution in [3.8, 4) is 0 Å². The number of carbonyl (C=O) groups is 1. The van der Waals surface area contributed by atoms with Crippen LogP contribution in [0, 0.1) is 5.92 Å². The van der Waals surface area contributed by atoms with Crippen LogP contribution < -0.4 is 5.32 Å². The molecule has 1 unspecified atom stereocenters. The number of aromatic carboxylic acids is 1. The molecule has 0 aliphatic carbocycles. The molecule has 0 amide bonds. The van der Waals surface area contributed by atoms with Gasteiger partial charge < -0.3 is 15.5 Å². The number of thiophene rings is 1. The van der Waals surface area contributed by atoms with Gasteiger partial charge in [-0.25, -0.2) is 4.79 Å². The van der Waals surface area contributed by atoms with Crippen LogP contribution in [0.4, 0.5) is 0 Å². The van der Waals surface area contributed by atoms with E-state index in [0.29, 0.717) is 18.7 Å². The Bertz CT molecular complexity index is 349. The van der Waals surface area contributed by atoms with Crippen molar-refractivity contribution >= 4 is 17.3 Å². The molecule has 0 aromatic carbocycles. The van der Waals surface area contributed by atoms with Gasteiger partial charge in [0.05, 0.1) is 11.7 Å². The second kappa shape index (κ2) is 5.98. The fourth-order valence-electron chi connectivity index (χ4n) is 1.16. The largest absolute Gasteiger partial charge is 0.478 e. The van der Waals surface area contributed by atoms with Crippen LogP contribution in [-0.4, -0.2) is 28.8 Å². The molecule has 0 fully saturated rings. The lowest BCUT2D eigenvalue weighted by Crippen LogP contribution is -2.29. The molecule has 1 aromatic rings. The average Bonchev–Trinajstić information content (AvgIpc) is 2.66. The van der Waals surface area contributed by atoms with Crippen LogP contribution in [0.3, 0.4) is 0 Å². The van der Waals surface area contributed by atoms with Gasteiger partial charge in [-0.1, -0.05) is 13.8 Å². The topological polar surface area (TPSA) is 69.6 Å². The highest BCUT2D eigenvalue weighted by atomic mass is 32.1. The van der Waals surface area contributed by atoms with Crippen molar-refractivity contribution in [2.75, 3.05) is 6.54 Å². The van der Waals surface area contributed by atoms with Crippen LogP contribution in [0.1, 0.15) is 29.1 Å². The summed E-state index contributed by atoms with van der Waals surface area (Å²) >= 11 is 1.41. The molecule has 0 bridgehead atoms. The van der Waals surface area contributed by atoms with E-state index in [-0.39, 0.29) is 12.0 Å². The van der Waals surface area contributed by atoms with Gasteiger partial charge in [-0.15, -0.1) is 11.3 Å². The van der Waals surface area contributed by atoms with E-state index < -0.39 is 5.97 Å². The van der Waals surface area contributed by atoms with Gasteiger partial charge in [-0.3, -0.25) is 0 Å². The van der Waals surface area contributed by atoms with Crippen molar-refractivity contribution < 1.29 is 15.0 Å². The second-order valence-electron chi connectivity index (χ2n) is 4.05. The molecular weight excluding hydrogens is 226 g/mol. The van der Waals surface area contributed by atoms with E-state index >= 15 is 0 Å². The number of aliphatic hydroxyl groups excluding tert-OH is 1. The highest BCUT2D eigenvalue weighted by Crippen LogP contribution is 2.14. The number of carboxylic acids is 1. The van der Waals surface area contributed by atoms with Gasteiger partial charge in [0.1, 0.15) is 0 Å². The smallest absolute Gasteiger partial charge is 0.336 e. The average molecular weight is 243 g/mol. The quantitative estimate of drug-likeness (QED) is 0.709. The van der Waals surface area contributed by atoms with Gasteiger partial charge in [0.2, 0.25) is 0 Å². The van der Waals surface area contributed by atoms with E-state index in [1.807, 2.05) is 13.8 Å². The van der Waals surface area contributed by atoms with Gasteiger partial charge in [0, 0.05) is 23.3 Å². The van der Waals surface area contributed by atoms with Gasteiger partial charge in [-0.05, 0) is 12.0 Å². The SMILES string of the molecule is CC(C)C(O)CNCc1cc(C(=O)O)cs1. The van der Waals surface area contributed by atoms with Crippen LogP contribution >= 0.6 is 11.3 Å². The zero-order valence-corrected chi connectivity index (χ0v) is 10.3. The van der Waals surface area contributed by atoms with Crippen LogP contribution in [0.15, 0.2) is 11.4 Å². The Kier molecular flexibility index (Phi) is 4.92. The lowest BCUT2D eigenvalue weighted by Gasteiger charge is -2.14. The summed E-state index contributed by atoms with van der Waals surface area (Å²) < 4.78 is 0. The summed E-state index contributed by atoms with van der Waals surface area (Å²) in [5.74, 6) is -0.671. The predicted octanol–water partition coefficient (Wildman–Crippen LogP) is 1.55. The number of nitrogens with one attached hydrogen (secondary N) is 1. The maximum absolute atomic E-state index is 10.6. The summed E-state index contributed by atoms with van der Waals surface area (Å²) in [6.07, 6.45) is -0.362. The van der Waals surface area contributed by atoms with Crippen LogP contribution in [0.2, 0.25) is 0 Å². The molecule has 1 atom stereocenters. The van der Waals surface area contributed by atoms with Crippen molar-refractivity contribution in [1.82, 2.24) is 5.32 Å². The fourth-order valence-corrected chi connectivity index (χ4v) is 1.99. The molecule has 5 heteroatoms. The summed E-state index contributed by atoms with van der Waals surface area (Å²) in [6.45, 7) is 5.04. The van der Waals surface area contributed by atoms with Crippen LogP contribution in [0.5, 0.6) is 0 Å². The van der Waals surface area contributed by atoms with Gasteiger partial charge in [0.15, 0.2) is 0 Å². The highest BCUT2D eigenvalue weighted by Gasteiger charge is 2.09. The zero-order valence-electron chi connectivity index (χ0n) is 9.43. The van der Waals surface area contributed by atoms with Crippen LogP contribution in [-0.2, 0) is 6.54 Å². The third-order valence-corrected chi connectivity index (χ3v) is 3.26. The van der Waals surface area contributed by atoms with E-state index in [0.717, 1.165) is 4.88 Å². The van der Waals surface area contributed by atoms with E-state index in [1.54, 1.807) is 11.4 Å². The molecule has 0 spiro atoms. The molecule has 0 saturated heterocycles. The maximum atomic E-state index is 10.6. The van der Waals surface area contributed by atoms with Crippen molar-refractivity contribution in [2.45, 2.75) is 26.5 Å². The first-order valence-corrected chi connectivity index (χ1v) is 6.08. The number of rotatable bonds is 6. The summed E-state index contributed by atoms with van der Waals surface area (Å²) in [6, 6.07) is 1.65. The molecule has 16 heavy (non-hydrogen) atoms. The Balaban J connectivity index is 2.35. The lowest BCUT2D eigenvalue weighted by molar-refractivity contribution is 0.0697. The Morgan fingerprint density at radius 3 is 2.75 bits per heavy atom. The molecule has 90 valence electrons. The van der Waals surface area contributed by atoms with E-state index in [1.165, 1.54) is 11.3 Å². The lowest BCUT2D eigenvalue weighted by atomic mass is 10.1. The third kappa shape index (κ3) is 3.92. The molecule has 0 aliphatic rings. The zero-order chi connectivity index (χ0) is 12.1. The minimum absolute atomic E-state index is 0.227. The summed E-state index contributed by atoms with van der Waals surface area (Å²) in [5.41, 5.74) is 0.325. The first-order chi connectivity index (χ1) is 7.50. The Labute approximate surface area is 98.9 Å². The number of aliphatic hydroxyl groups is 1. The predicted molar refractivity (Wildman–Crippen MR) is 63.8 cm³/mol. The van der Waals surface area contributed by atoms with Crippen molar-refractivity contribution in [3.05, 3.63) is 21.9 Å². The highest BCUT2D eigenvalue weighted by molar-refractivity contribution is 7.10. The maximum Gasteiger partial charge on any atom is 0.336 e. The van der Waals surface area contributed by atoms with Gasteiger partial charge in [-0.2, -0.15) is 0 Å². The molecule has 1 aromatic heterocycles. The minimum atomic E-state index is -0.898. The second-order valence-corrected chi connectivity index (χ2v) is 5.04. The van der Waals surface area contributed by atoms with Crippen molar-refractivity contribution in [2.24, 2.45) is 5.92 Å². The molecule has 0 aliphatic heterocycles. The minimum Gasteiger partial charge on any atom is -0.478 e. The Morgan fingerprint density at radius 1 is 1.56 bits per heavy atom. The molecule has 0 saturated carbocycles. The monoisotopic (exact) mass is 243 g/mol. The molecule has 4 nitrogen and oxygen atoms in total. The van der Waals surface area contributed by atoms with E-state index in [9.17, 15) is 9.90 Å². The van der Waals surface area contributed by atoms with E-state index in [4.69, 9.17) is 5.11 Å². The number of carboxylic acid groups (broad SMARTS) is 1. The Hall–Kier alpha value is -0.910. The summed E-state index contributed by atoms with van der Waals surface area (Å²) in [4.78, 5) is 11.6. The molecular formula is C11H17NO3S. The first kappa shape index (κ1) is 13.2. The van der Waals surface area contributed by atoms with Gasteiger partial charge in [0.25, 0.3) is 0 Å². The van der Waals surface area contributed by atoms with Crippen molar-refractivity contribution in [1.29, 1.82) is 0 Å². The normalized spacial score (nSPS) is 13.0. The van der Waals surface area contributed by atoms with Crippen molar-refractivity contribution in [3.63, 3.8) is 0 Å². The molecule has 3 N–H and O–H groups in total. The van der Waals surface area contributed by atoms with Gasteiger partial charge >= 0.3 is 5.97 Å². The molecule has 1 heterocycles. The standard InChI is InChI=1S/C11H17NO3S/c1-7(2)10(13)5-12-4-9-3-8(6-16-9)11(14)15/h3,6-7,10,12-13H,4-5H2,1-2H3,(H,14,15). The summed E-state index contributed by atoms with van der Waals surface area (Å²) in [5, 5.41) is 23.0. The molecule has 0 radical (unpaired) electrons. The molecule has 1 rings (SSSR count). The first-order valence-electron chi connectivity index (χ1n) is 5.20. The van der Waals surface area contributed by atoms with E-state index in [2.05, 4.69) is 5.32 Å². The Morgan fingerprint density at radius 2 is 2.25 bits per heavy atom. The van der Waals surface area contributed by atoms with Crippen LogP contribution in [0.25, 0.3) is 0 Å². The fraction of sp³-hybridized carbons (Fsp3) is 0.545. The number of hydrogen-bond acceptors (Lipinski definition) is 4.